The Morgan fingerprint density at radius 2 is 1.77 bits per heavy atom. The van der Waals surface area contributed by atoms with E-state index >= 15 is 0 Å². The highest BCUT2D eigenvalue weighted by Gasteiger charge is 2.10. The summed E-state index contributed by atoms with van der Waals surface area (Å²) in [5.74, 6) is -0.198. The van der Waals surface area contributed by atoms with Crippen LogP contribution in [-0.2, 0) is 13.5 Å². The second kappa shape index (κ2) is 7.87. The number of thiazole rings is 1. The summed E-state index contributed by atoms with van der Waals surface area (Å²) in [6.45, 7) is 8.30. The van der Waals surface area contributed by atoms with Gasteiger partial charge in [0, 0.05) is 31.4 Å². The molecule has 1 aromatic heterocycles. The van der Waals surface area contributed by atoms with Crippen LogP contribution in [0.3, 0.4) is 0 Å². The quantitative estimate of drug-likeness (QED) is 0.671. The second-order valence-electron chi connectivity index (χ2n) is 6.20. The summed E-state index contributed by atoms with van der Waals surface area (Å²) in [6.07, 6.45) is 0.960. The maximum absolute atomic E-state index is 12.6. The predicted molar refractivity (Wildman–Crippen MR) is 110 cm³/mol. The number of hydrogen-bond acceptors (Lipinski definition) is 3. The second-order valence-corrected chi connectivity index (χ2v) is 7.21. The van der Waals surface area contributed by atoms with Crippen LogP contribution in [0, 0.1) is 0 Å². The Morgan fingerprint density at radius 3 is 2.38 bits per heavy atom. The molecule has 3 rings (SSSR count). The van der Waals surface area contributed by atoms with Crippen molar-refractivity contribution in [2.45, 2.75) is 27.2 Å². The van der Waals surface area contributed by atoms with Gasteiger partial charge in [0.1, 0.15) is 0 Å². The molecule has 0 aliphatic carbocycles. The van der Waals surface area contributed by atoms with Crippen LogP contribution in [-0.4, -0.2) is 23.6 Å². The lowest BCUT2D eigenvalue weighted by molar-refractivity contribution is 0.0998. The van der Waals surface area contributed by atoms with Gasteiger partial charge in [-0.25, -0.2) is 0 Å². The Balaban J connectivity index is 1.96. The van der Waals surface area contributed by atoms with Crippen molar-refractivity contribution in [3.8, 4) is 0 Å². The summed E-state index contributed by atoms with van der Waals surface area (Å²) in [6, 6.07) is 14.0. The molecule has 0 fully saturated rings. The summed E-state index contributed by atoms with van der Waals surface area (Å²) in [7, 11) is 1.98. The van der Waals surface area contributed by atoms with E-state index in [4.69, 9.17) is 0 Å². The number of hydrogen-bond donors (Lipinski definition) is 0. The van der Waals surface area contributed by atoms with E-state index in [2.05, 4.69) is 48.9 Å². The van der Waals surface area contributed by atoms with E-state index in [1.807, 2.05) is 35.9 Å². The van der Waals surface area contributed by atoms with Gasteiger partial charge in [0.15, 0.2) is 4.80 Å². The van der Waals surface area contributed by atoms with Crippen LogP contribution in [0.15, 0.2) is 47.5 Å². The molecule has 0 radical (unpaired) electrons. The number of fused-ring (bicyclic) bond motifs is 1. The number of rotatable bonds is 5. The molecule has 2 aromatic carbocycles. The van der Waals surface area contributed by atoms with E-state index in [1.54, 1.807) is 11.3 Å². The zero-order valence-corrected chi connectivity index (χ0v) is 16.6. The number of aromatic nitrogens is 1. The van der Waals surface area contributed by atoms with Crippen LogP contribution in [0.1, 0.15) is 36.7 Å². The lowest BCUT2D eigenvalue weighted by atomic mass is 10.1. The van der Waals surface area contributed by atoms with E-state index < -0.39 is 0 Å². The van der Waals surface area contributed by atoms with Gasteiger partial charge in [-0.3, -0.25) is 4.79 Å². The average molecular weight is 368 g/mol. The van der Waals surface area contributed by atoms with E-state index in [9.17, 15) is 4.79 Å². The van der Waals surface area contributed by atoms with Crippen LogP contribution in [0.2, 0.25) is 0 Å². The molecule has 0 atom stereocenters. The standard InChI is InChI=1S/C21H25N3OS/c1-5-15-9-8-10-18-19(15)23(4)21(26-18)22-20(25)16-11-13-17(14-12-16)24(6-2)7-3/h8-14H,5-7H2,1-4H3. The molecule has 3 aromatic rings. The Bertz CT molecular complexity index is 979. The predicted octanol–water partition coefficient (Wildman–Crippen LogP) is 4.39. The van der Waals surface area contributed by atoms with Gasteiger partial charge < -0.3 is 9.47 Å². The minimum absolute atomic E-state index is 0.198. The fraction of sp³-hybridized carbons (Fsp3) is 0.333. The molecule has 1 amide bonds. The fourth-order valence-electron chi connectivity index (χ4n) is 3.23. The normalized spacial score (nSPS) is 11.9. The van der Waals surface area contributed by atoms with Crippen molar-refractivity contribution in [3.63, 3.8) is 0 Å². The number of carbonyl (C=O) groups is 1. The lowest BCUT2D eigenvalue weighted by Crippen LogP contribution is -2.21. The molecule has 4 nitrogen and oxygen atoms in total. The van der Waals surface area contributed by atoms with Crippen molar-refractivity contribution in [2.75, 3.05) is 18.0 Å². The molecule has 0 aliphatic heterocycles. The van der Waals surface area contributed by atoms with Gasteiger partial charge in [0.2, 0.25) is 0 Å². The summed E-state index contributed by atoms with van der Waals surface area (Å²) in [5, 5.41) is 0. The maximum Gasteiger partial charge on any atom is 0.279 e. The van der Waals surface area contributed by atoms with Crippen molar-refractivity contribution in [3.05, 3.63) is 58.4 Å². The average Bonchev–Trinajstić information content (AvgIpc) is 2.99. The van der Waals surface area contributed by atoms with Gasteiger partial charge in [-0.2, -0.15) is 4.99 Å². The van der Waals surface area contributed by atoms with Crippen molar-refractivity contribution in [1.29, 1.82) is 0 Å². The van der Waals surface area contributed by atoms with Crippen LogP contribution in [0.4, 0.5) is 5.69 Å². The van der Waals surface area contributed by atoms with Crippen molar-refractivity contribution in [1.82, 2.24) is 4.57 Å². The molecule has 0 saturated carbocycles. The molecule has 0 spiro atoms. The monoisotopic (exact) mass is 367 g/mol. The highest BCUT2D eigenvalue weighted by atomic mass is 32.1. The molecule has 0 saturated heterocycles. The number of carbonyl (C=O) groups excluding carboxylic acids is 1. The number of nitrogens with zero attached hydrogens (tertiary/aromatic N) is 3. The molecule has 5 heteroatoms. The van der Waals surface area contributed by atoms with Gasteiger partial charge in [0.05, 0.1) is 10.2 Å². The van der Waals surface area contributed by atoms with Crippen LogP contribution in [0.25, 0.3) is 10.2 Å². The van der Waals surface area contributed by atoms with E-state index in [0.29, 0.717) is 5.56 Å². The molecule has 0 unspecified atom stereocenters. The smallest absolute Gasteiger partial charge is 0.279 e. The van der Waals surface area contributed by atoms with Crippen LogP contribution >= 0.6 is 11.3 Å². The summed E-state index contributed by atoms with van der Waals surface area (Å²) >= 11 is 1.56. The van der Waals surface area contributed by atoms with Crippen molar-refractivity contribution < 1.29 is 4.79 Å². The Kier molecular flexibility index (Phi) is 5.57. The van der Waals surface area contributed by atoms with E-state index in [-0.39, 0.29) is 5.91 Å². The third-order valence-electron chi connectivity index (χ3n) is 4.73. The van der Waals surface area contributed by atoms with E-state index in [1.165, 1.54) is 11.1 Å². The maximum atomic E-state index is 12.6. The Morgan fingerprint density at radius 1 is 1.08 bits per heavy atom. The number of aryl methyl sites for hydroxylation is 2. The largest absolute Gasteiger partial charge is 0.372 e. The molecule has 0 bridgehead atoms. The first-order valence-electron chi connectivity index (χ1n) is 9.10. The Labute approximate surface area is 158 Å². The molecule has 26 heavy (non-hydrogen) atoms. The number of benzene rings is 2. The first-order valence-corrected chi connectivity index (χ1v) is 9.92. The summed E-state index contributed by atoms with van der Waals surface area (Å²) < 4.78 is 3.19. The van der Waals surface area contributed by atoms with Gasteiger partial charge >= 0.3 is 0 Å². The summed E-state index contributed by atoms with van der Waals surface area (Å²) in [4.78, 5) is 20.0. The first kappa shape index (κ1) is 18.4. The van der Waals surface area contributed by atoms with Gasteiger partial charge in [-0.05, 0) is 56.2 Å². The topological polar surface area (TPSA) is 37.6 Å². The summed E-state index contributed by atoms with van der Waals surface area (Å²) in [5.41, 5.74) is 4.20. The minimum atomic E-state index is -0.198. The lowest BCUT2D eigenvalue weighted by Gasteiger charge is -2.20. The minimum Gasteiger partial charge on any atom is -0.372 e. The fourth-order valence-corrected chi connectivity index (χ4v) is 4.30. The van der Waals surface area contributed by atoms with E-state index in [0.717, 1.165) is 34.7 Å². The SMILES string of the molecule is CCc1cccc2sc(=NC(=O)c3ccc(N(CC)CC)cc3)n(C)c12. The number of para-hydroxylation sites is 1. The van der Waals surface area contributed by atoms with Crippen molar-refractivity contribution >= 4 is 33.1 Å². The molecule has 1 heterocycles. The molecule has 0 aliphatic rings. The zero-order chi connectivity index (χ0) is 18.7. The molecule has 136 valence electrons. The molecule has 0 N–H and O–H groups in total. The number of anilines is 1. The van der Waals surface area contributed by atoms with Crippen LogP contribution in [0.5, 0.6) is 0 Å². The highest BCUT2D eigenvalue weighted by Crippen LogP contribution is 2.21. The van der Waals surface area contributed by atoms with Gasteiger partial charge in [0.25, 0.3) is 5.91 Å². The number of amides is 1. The molecular formula is C21H25N3OS. The first-order chi connectivity index (χ1) is 12.6. The zero-order valence-electron chi connectivity index (χ0n) is 15.8. The Hall–Kier alpha value is -2.40. The third-order valence-corrected chi connectivity index (χ3v) is 5.82. The van der Waals surface area contributed by atoms with Gasteiger partial charge in [-0.15, -0.1) is 0 Å². The van der Waals surface area contributed by atoms with Gasteiger partial charge in [-0.1, -0.05) is 30.4 Å². The highest BCUT2D eigenvalue weighted by molar-refractivity contribution is 7.16. The van der Waals surface area contributed by atoms with Crippen LogP contribution < -0.4 is 9.70 Å². The third kappa shape index (κ3) is 3.44. The molecular weight excluding hydrogens is 342 g/mol. The van der Waals surface area contributed by atoms with Crippen molar-refractivity contribution in [2.24, 2.45) is 12.0 Å².